The molecule has 0 aliphatic heterocycles. The number of hydrogen-bond acceptors (Lipinski definition) is 0. The van der Waals surface area contributed by atoms with Crippen LogP contribution in [0.5, 0.6) is 0 Å². The number of unbranched alkanes of at least 4 members (excludes halogenated alkanes) is 17. The summed E-state index contributed by atoms with van der Waals surface area (Å²) in [4.78, 5) is 0. The van der Waals surface area contributed by atoms with Crippen molar-refractivity contribution >= 4 is 0 Å². The van der Waals surface area contributed by atoms with Crippen LogP contribution in [0.15, 0.2) is 12.2 Å². The van der Waals surface area contributed by atoms with E-state index in [0.29, 0.717) is 0 Å². The molecule has 0 unspecified atom stereocenters. The van der Waals surface area contributed by atoms with E-state index < -0.39 is 0 Å². The fourth-order valence-corrected chi connectivity index (χ4v) is 3.13. The summed E-state index contributed by atoms with van der Waals surface area (Å²) < 4.78 is 0. The van der Waals surface area contributed by atoms with Crippen LogP contribution < -0.4 is 0 Å². The first-order chi connectivity index (χ1) is 11.4. The fourth-order valence-electron chi connectivity index (χ4n) is 3.13. The lowest BCUT2D eigenvalue weighted by molar-refractivity contribution is 0.553. The molecule has 1 radical (unpaired) electrons. The highest BCUT2D eigenvalue weighted by molar-refractivity contribution is 4.81. The van der Waals surface area contributed by atoms with E-state index in [-0.39, 0.29) is 0 Å². The Balaban J connectivity index is 3.02. The first-order valence-corrected chi connectivity index (χ1v) is 10.9. The van der Waals surface area contributed by atoms with E-state index in [1.165, 1.54) is 116 Å². The number of hydrogen-bond donors (Lipinski definition) is 0. The normalized spacial score (nSPS) is 11.6. The van der Waals surface area contributed by atoms with Crippen LogP contribution in [0, 0.1) is 6.92 Å². The molecular formula is C23H45. The third kappa shape index (κ3) is 21.7. The Morgan fingerprint density at radius 2 is 0.826 bits per heavy atom. The molecule has 0 amide bonds. The smallest absolute Gasteiger partial charge is 0.0351 e. The van der Waals surface area contributed by atoms with Gasteiger partial charge in [-0.1, -0.05) is 122 Å². The quantitative estimate of drug-likeness (QED) is 0.165. The third-order valence-corrected chi connectivity index (χ3v) is 4.76. The van der Waals surface area contributed by atoms with Crippen LogP contribution in [0.2, 0.25) is 0 Å². The van der Waals surface area contributed by atoms with Gasteiger partial charge in [0, 0.05) is 0 Å². The lowest BCUT2D eigenvalue weighted by Crippen LogP contribution is -1.82. The van der Waals surface area contributed by atoms with Crippen LogP contribution in [0.1, 0.15) is 129 Å². The van der Waals surface area contributed by atoms with Gasteiger partial charge in [0.1, 0.15) is 0 Å². The largest absolute Gasteiger partial charge is 0.0885 e. The van der Waals surface area contributed by atoms with Gasteiger partial charge in [-0.2, -0.15) is 0 Å². The molecule has 23 heavy (non-hydrogen) atoms. The Bertz CT molecular complexity index is 216. The maximum atomic E-state index is 3.90. The maximum absolute atomic E-state index is 3.90. The highest BCUT2D eigenvalue weighted by atomic mass is 14.0. The second-order valence-electron chi connectivity index (χ2n) is 7.21. The molecule has 0 bridgehead atoms. The lowest BCUT2D eigenvalue weighted by atomic mass is 10.1. The molecule has 0 aromatic carbocycles. The van der Waals surface area contributed by atoms with E-state index >= 15 is 0 Å². The standard InChI is InChI=1S/C23H45/c1-3-5-7-9-11-13-15-17-19-21-23-22-20-18-16-14-12-10-8-6-4-2/h18,20H,1,3-17,19,21-23H2,2H3/b20-18+. The molecule has 0 aliphatic rings. The molecule has 0 saturated carbocycles. The Hall–Kier alpha value is -0.260. The van der Waals surface area contributed by atoms with E-state index in [4.69, 9.17) is 0 Å². The zero-order valence-electron chi connectivity index (χ0n) is 16.3. The van der Waals surface area contributed by atoms with Crippen LogP contribution in [0.3, 0.4) is 0 Å². The summed E-state index contributed by atoms with van der Waals surface area (Å²) >= 11 is 0. The van der Waals surface area contributed by atoms with Crippen molar-refractivity contribution in [3.8, 4) is 0 Å². The molecule has 0 rings (SSSR count). The average Bonchev–Trinajstić information content (AvgIpc) is 2.57. The van der Waals surface area contributed by atoms with E-state index in [9.17, 15) is 0 Å². The summed E-state index contributed by atoms with van der Waals surface area (Å²) in [5.41, 5.74) is 0. The van der Waals surface area contributed by atoms with Gasteiger partial charge in [0.25, 0.3) is 0 Å². The first-order valence-electron chi connectivity index (χ1n) is 10.9. The SMILES string of the molecule is [CH2]CCCCCCCCCCCC/C=C/CCCCCCCC. The molecule has 0 heterocycles. The Kier molecular flexibility index (Phi) is 21.5. The molecule has 0 aromatic heterocycles. The first kappa shape index (κ1) is 22.7. The minimum absolute atomic E-state index is 1.12. The van der Waals surface area contributed by atoms with Crippen molar-refractivity contribution in [2.75, 3.05) is 0 Å². The summed E-state index contributed by atoms with van der Waals surface area (Å²) in [7, 11) is 0. The summed E-state index contributed by atoms with van der Waals surface area (Å²) in [6.45, 7) is 6.19. The van der Waals surface area contributed by atoms with Gasteiger partial charge < -0.3 is 0 Å². The summed E-state index contributed by atoms with van der Waals surface area (Å²) in [5.74, 6) is 0. The van der Waals surface area contributed by atoms with Crippen molar-refractivity contribution in [3.05, 3.63) is 19.1 Å². The van der Waals surface area contributed by atoms with Crippen LogP contribution in [0.4, 0.5) is 0 Å². The van der Waals surface area contributed by atoms with Crippen LogP contribution in [0.25, 0.3) is 0 Å². The molecule has 0 aromatic rings. The number of rotatable bonds is 19. The van der Waals surface area contributed by atoms with Gasteiger partial charge in [-0.25, -0.2) is 0 Å². The van der Waals surface area contributed by atoms with Gasteiger partial charge >= 0.3 is 0 Å². The minimum atomic E-state index is 1.12. The highest BCUT2D eigenvalue weighted by Crippen LogP contribution is 2.12. The van der Waals surface area contributed by atoms with Gasteiger partial charge in [0.05, 0.1) is 0 Å². The zero-order chi connectivity index (χ0) is 16.8. The van der Waals surface area contributed by atoms with Crippen molar-refractivity contribution in [1.29, 1.82) is 0 Å². The second kappa shape index (κ2) is 21.7. The van der Waals surface area contributed by atoms with Crippen LogP contribution >= 0.6 is 0 Å². The van der Waals surface area contributed by atoms with Crippen molar-refractivity contribution in [3.63, 3.8) is 0 Å². The molecule has 0 nitrogen and oxygen atoms in total. The topological polar surface area (TPSA) is 0 Å². The highest BCUT2D eigenvalue weighted by Gasteiger charge is 1.92. The van der Waals surface area contributed by atoms with E-state index in [2.05, 4.69) is 26.0 Å². The van der Waals surface area contributed by atoms with E-state index in [1.54, 1.807) is 0 Å². The molecule has 0 saturated heterocycles. The van der Waals surface area contributed by atoms with Crippen molar-refractivity contribution in [2.24, 2.45) is 0 Å². The Morgan fingerprint density at radius 3 is 1.22 bits per heavy atom. The molecule has 0 aliphatic carbocycles. The predicted octanol–water partition coefficient (Wildman–Crippen LogP) is 8.81. The molecule has 0 N–H and O–H groups in total. The van der Waals surface area contributed by atoms with Crippen molar-refractivity contribution in [1.82, 2.24) is 0 Å². The van der Waals surface area contributed by atoms with E-state index in [0.717, 1.165) is 6.42 Å². The Morgan fingerprint density at radius 1 is 0.478 bits per heavy atom. The van der Waals surface area contributed by atoms with Crippen molar-refractivity contribution in [2.45, 2.75) is 129 Å². The summed E-state index contributed by atoms with van der Waals surface area (Å²) in [6, 6.07) is 0. The van der Waals surface area contributed by atoms with Gasteiger partial charge in [-0.3, -0.25) is 0 Å². The average molecular weight is 322 g/mol. The summed E-state index contributed by atoms with van der Waals surface area (Å²) in [6.07, 6.45) is 31.3. The van der Waals surface area contributed by atoms with Crippen LogP contribution in [-0.2, 0) is 0 Å². The maximum Gasteiger partial charge on any atom is -0.0351 e. The molecule has 0 atom stereocenters. The molecule has 0 fully saturated rings. The zero-order valence-corrected chi connectivity index (χ0v) is 16.3. The number of allylic oxidation sites excluding steroid dienone is 2. The molecular weight excluding hydrogens is 276 g/mol. The van der Waals surface area contributed by atoms with Gasteiger partial charge in [-0.15, -0.1) is 0 Å². The van der Waals surface area contributed by atoms with E-state index in [1.807, 2.05) is 0 Å². The fraction of sp³-hybridized carbons (Fsp3) is 0.870. The molecule has 137 valence electrons. The monoisotopic (exact) mass is 321 g/mol. The Labute approximate surface area is 148 Å². The third-order valence-electron chi connectivity index (χ3n) is 4.76. The second-order valence-corrected chi connectivity index (χ2v) is 7.21. The van der Waals surface area contributed by atoms with Gasteiger partial charge in [0.15, 0.2) is 0 Å². The van der Waals surface area contributed by atoms with Crippen LogP contribution in [-0.4, -0.2) is 0 Å². The van der Waals surface area contributed by atoms with Gasteiger partial charge in [0.2, 0.25) is 0 Å². The van der Waals surface area contributed by atoms with Gasteiger partial charge in [-0.05, 0) is 25.7 Å². The summed E-state index contributed by atoms with van der Waals surface area (Å²) in [5, 5.41) is 0. The molecule has 0 spiro atoms. The van der Waals surface area contributed by atoms with Crippen molar-refractivity contribution < 1.29 is 0 Å². The lowest BCUT2D eigenvalue weighted by Gasteiger charge is -2.01. The predicted molar refractivity (Wildman–Crippen MR) is 108 cm³/mol. The minimum Gasteiger partial charge on any atom is -0.0885 e. The molecule has 0 heteroatoms.